The minimum absolute atomic E-state index is 0.0377. The first kappa shape index (κ1) is 14.8. The summed E-state index contributed by atoms with van der Waals surface area (Å²) in [5.74, 6) is 0.0582. The van der Waals surface area contributed by atoms with E-state index in [0.29, 0.717) is 18.0 Å². The maximum absolute atomic E-state index is 14.1. The normalized spacial score (nSPS) is 17.0. The molecule has 0 spiro atoms. The molecule has 1 aliphatic heterocycles. The number of rotatable bonds is 3. The van der Waals surface area contributed by atoms with E-state index in [4.69, 9.17) is 9.47 Å². The average molecular weight is 305 g/mol. The topological polar surface area (TPSA) is 30.5 Å². The zero-order valence-corrected chi connectivity index (χ0v) is 12.5. The summed E-state index contributed by atoms with van der Waals surface area (Å²) >= 11 is 0. The quantitative estimate of drug-likeness (QED) is 0.944. The van der Waals surface area contributed by atoms with E-state index in [1.165, 1.54) is 18.2 Å². The molecule has 116 valence electrons. The van der Waals surface area contributed by atoms with Gasteiger partial charge >= 0.3 is 0 Å². The lowest BCUT2D eigenvalue weighted by atomic mass is 9.89. The predicted molar refractivity (Wildman–Crippen MR) is 79.5 cm³/mol. The van der Waals surface area contributed by atoms with Gasteiger partial charge in [-0.2, -0.15) is 0 Å². The number of hydrogen-bond acceptors (Lipinski definition) is 3. The van der Waals surface area contributed by atoms with Crippen molar-refractivity contribution in [2.45, 2.75) is 12.5 Å². The van der Waals surface area contributed by atoms with Gasteiger partial charge in [-0.25, -0.2) is 8.78 Å². The molecule has 0 aromatic heterocycles. The van der Waals surface area contributed by atoms with E-state index in [9.17, 15) is 8.78 Å². The first-order chi connectivity index (χ1) is 10.7. The largest absolute Gasteiger partial charge is 0.493 e. The van der Waals surface area contributed by atoms with Gasteiger partial charge in [0.25, 0.3) is 0 Å². The van der Waals surface area contributed by atoms with Gasteiger partial charge in [0.15, 0.2) is 11.5 Å². The molecule has 1 unspecified atom stereocenters. The van der Waals surface area contributed by atoms with E-state index in [2.05, 4.69) is 5.32 Å². The Kier molecular flexibility index (Phi) is 3.98. The lowest BCUT2D eigenvalue weighted by Gasteiger charge is -2.29. The fourth-order valence-electron chi connectivity index (χ4n) is 2.93. The molecule has 0 amide bonds. The molecule has 1 atom stereocenters. The van der Waals surface area contributed by atoms with Crippen LogP contribution in [0.15, 0.2) is 30.3 Å². The summed E-state index contributed by atoms with van der Waals surface area (Å²) < 4.78 is 38.8. The summed E-state index contributed by atoms with van der Waals surface area (Å²) in [5.41, 5.74) is 1.85. The van der Waals surface area contributed by atoms with E-state index in [1.54, 1.807) is 20.3 Å². The summed E-state index contributed by atoms with van der Waals surface area (Å²) in [7, 11) is 3.11. The molecule has 0 fully saturated rings. The summed E-state index contributed by atoms with van der Waals surface area (Å²) in [6, 6.07) is 7.04. The SMILES string of the molecule is COc1cc2c(cc1OC)C(c1c(F)cccc1F)NCC2. The van der Waals surface area contributed by atoms with Crippen LogP contribution in [-0.2, 0) is 6.42 Å². The first-order valence-corrected chi connectivity index (χ1v) is 7.07. The minimum Gasteiger partial charge on any atom is -0.493 e. The van der Waals surface area contributed by atoms with Crippen molar-refractivity contribution in [1.82, 2.24) is 5.32 Å². The molecule has 22 heavy (non-hydrogen) atoms. The van der Waals surface area contributed by atoms with Gasteiger partial charge < -0.3 is 14.8 Å². The summed E-state index contributed by atoms with van der Waals surface area (Å²) in [4.78, 5) is 0. The van der Waals surface area contributed by atoms with Crippen LogP contribution in [0.3, 0.4) is 0 Å². The highest BCUT2D eigenvalue weighted by Crippen LogP contribution is 2.38. The van der Waals surface area contributed by atoms with Gasteiger partial charge in [-0.3, -0.25) is 0 Å². The van der Waals surface area contributed by atoms with Crippen molar-refractivity contribution < 1.29 is 18.3 Å². The number of halogens is 2. The Labute approximate surface area is 127 Å². The van der Waals surface area contributed by atoms with Crippen molar-refractivity contribution in [3.8, 4) is 11.5 Å². The van der Waals surface area contributed by atoms with Crippen LogP contribution in [0.25, 0.3) is 0 Å². The standard InChI is InChI=1S/C17H17F2NO2/c1-21-14-8-10-6-7-20-17(11(10)9-15(14)22-2)16-12(18)4-3-5-13(16)19/h3-5,8-9,17,20H,6-7H2,1-2H3. The van der Waals surface area contributed by atoms with Crippen LogP contribution in [0.4, 0.5) is 8.78 Å². The molecule has 0 bridgehead atoms. The molecule has 1 N–H and O–H groups in total. The van der Waals surface area contributed by atoms with Gasteiger partial charge in [0, 0.05) is 12.1 Å². The number of methoxy groups -OCH3 is 2. The second kappa shape index (κ2) is 5.93. The van der Waals surface area contributed by atoms with E-state index in [-0.39, 0.29) is 5.56 Å². The second-order valence-electron chi connectivity index (χ2n) is 5.18. The van der Waals surface area contributed by atoms with Crippen LogP contribution in [0.2, 0.25) is 0 Å². The monoisotopic (exact) mass is 305 g/mol. The summed E-state index contributed by atoms with van der Waals surface area (Å²) in [6.45, 7) is 0.640. The van der Waals surface area contributed by atoms with Crippen LogP contribution >= 0.6 is 0 Å². The van der Waals surface area contributed by atoms with Crippen molar-refractivity contribution in [3.63, 3.8) is 0 Å². The number of fused-ring (bicyclic) bond motifs is 1. The summed E-state index contributed by atoms with van der Waals surface area (Å²) in [5, 5.41) is 3.19. The second-order valence-corrected chi connectivity index (χ2v) is 5.18. The van der Waals surface area contributed by atoms with E-state index in [0.717, 1.165) is 17.5 Å². The number of nitrogens with one attached hydrogen (secondary N) is 1. The van der Waals surface area contributed by atoms with E-state index in [1.807, 2.05) is 6.07 Å². The highest BCUT2D eigenvalue weighted by molar-refractivity contribution is 5.51. The zero-order chi connectivity index (χ0) is 15.7. The first-order valence-electron chi connectivity index (χ1n) is 7.07. The van der Waals surface area contributed by atoms with Crippen LogP contribution < -0.4 is 14.8 Å². The number of hydrogen-bond donors (Lipinski definition) is 1. The molecule has 2 aromatic carbocycles. The van der Waals surface area contributed by atoms with Gasteiger partial charge in [0.2, 0.25) is 0 Å². The molecule has 2 aromatic rings. The Balaban J connectivity index is 2.15. The summed E-state index contributed by atoms with van der Waals surface area (Å²) in [6.07, 6.45) is 0.766. The Morgan fingerprint density at radius 3 is 2.32 bits per heavy atom. The van der Waals surface area contributed by atoms with Gasteiger partial charge in [0.1, 0.15) is 11.6 Å². The van der Waals surface area contributed by atoms with Gasteiger partial charge in [-0.05, 0) is 41.8 Å². The maximum Gasteiger partial charge on any atom is 0.161 e. The van der Waals surface area contributed by atoms with E-state index >= 15 is 0 Å². The molecule has 5 heteroatoms. The Hall–Kier alpha value is -2.14. The van der Waals surface area contributed by atoms with Crippen molar-refractivity contribution in [2.75, 3.05) is 20.8 Å². The average Bonchev–Trinajstić information content (AvgIpc) is 2.53. The molecule has 1 heterocycles. The molecule has 3 nitrogen and oxygen atoms in total. The Bertz CT molecular complexity index is 683. The van der Waals surface area contributed by atoms with Crippen LogP contribution in [0.5, 0.6) is 11.5 Å². The number of benzene rings is 2. The third kappa shape index (κ3) is 2.41. The van der Waals surface area contributed by atoms with Gasteiger partial charge in [-0.15, -0.1) is 0 Å². The molecule has 0 aliphatic carbocycles. The third-order valence-corrected chi connectivity index (χ3v) is 3.99. The van der Waals surface area contributed by atoms with Gasteiger partial charge in [0.05, 0.1) is 20.3 Å². The number of ether oxygens (including phenoxy) is 2. The Morgan fingerprint density at radius 1 is 1.05 bits per heavy atom. The fourth-order valence-corrected chi connectivity index (χ4v) is 2.93. The molecular formula is C17H17F2NO2. The highest BCUT2D eigenvalue weighted by Gasteiger charge is 2.28. The molecule has 0 saturated heterocycles. The lowest BCUT2D eigenvalue weighted by molar-refractivity contribution is 0.352. The fraction of sp³-hybridized carbons (Fsp3) is 0.294. The Morgan fingerprint density at radius 2 is 1.68 bits per heavy atom. The lowest BCUT2D eigenvalue weighted by Crippen LogP contribution is -2.32. The van der Waals surface area contributed by atoms with Crippen LogP contribution in [0, 0.1) is 11.6 Å². The maximum atomic E-state index is 14.1. The van der Waals surface area contributed by atoms with Gasteiger partial charge in [-0.1, -0.05) is 6.07 Å². The molecule has 3 rings (SSSR count). The third-order valence-electron chi connectivity index (χ3n) is 3.99. The van der Waals surface area contributed by atoms with E-state index < -0.39 is 17.7 Å². The smallest absolute Gasteiger partial charge is 0.161 e. The molecule has 0 radical (unpaired) electrons. The molecule has 0 saturated carbocycles. The van der Waals surface area contributed by atoms with Crippen molar-refractivity contribution in [2.24, 2.45) is 0 Å². The minimum atomic E-state index is -0.555. The van der Waals surface area contributed by atoms with Crippen LogP contribution in [0.1, 0.15) is 22.7 Å². The molecular weight excluding hydrogens is 288 g/mol. The van der Waals surface area contributed by atoms with Crippen molar-refractivity contribution in [1.29, 1.82) is 0 Å². The van der Waals surface area contributed by atoms with Crippen molar-refractivity contribution in [3.05, 3.63) is 58.7 Å². The zero-order valence-electron chi connectivity index (χ0n) is 12.5. The van der Waals surface area contributed by atoms with Crippen molar-refractivity contribution >= 4 is 0 Å². The highest BCUT2D eigenvalue weighted by atomic mass is 19.1. The predicted octanol–water partition coefficient (Wildman–Crippen LogP) is 3.22. The van der Waals surface area contributed by atoms with Crippen LogP contribution in [-0.4, -0.2) is 20.8 Å². The molecule has 1 aliphatic rings.